The summed E-state index contributed by atoms with van der Waals surface area (Å²) in [6.45, 7) is 1.62. The zero-order valence-corrected chi connectivity index (χ0v) is 16.3. The SMILES string of the molecule is COc1cc(C(=O)O)ccc1NC(=O)C(C)Sc1c([O-])on[n+]1-c1ccccc1. The Balaban J connectivity index is 1.77. The van der Waals surface area contributed by atoms with E-state index in [9.17, 15) is 14.7 Å². The second kappa shape index (κ2) is 8.65. The molecule has 1 amide bonds. The van der Waals surface area contributed by atoms with Crippen LogP contribution in [0, 0.1) is 0 Å². The van der Waals surface area contributed by atoms with Gasteiger partial charge >= 0.3 is 5.97 Å². The molecule has 2 N–H and O–H groups in total. The van der Waals surface area contributed by atoms with Crippen molar-refractivity contribution in [3.63, 3.8) is 0 Å². The largest absolute Gasteiger partial charge is 0.538 e. The molecule has 0 radical (unpaired) electrons. The Hall–Kier alpha value is -3.53. The van der Waals surface area contributed by atoms with E-state index in [1.165, 1.54) is 30.0 Å². The van der Waals surface area contributed by atoms with E-state index in [2.05, 4.69) is 10.6 Å². The Labute approximate surface area is 169 Å². The Bertz CT molecular complexity index is 1040. The van der Waals surface area contributed by atoms with Crippen molar-refractivity contribution < 1.29 is 33.7 Å². The minimum absolute atomic E-state index is 0.0339. The van der Waals surface area contributed by atoms with Gasteiger partial charge in [0.15, 0.2) is 5.95 Å². The molecule has 150 valence electrons. The molecule has 1 atom stereocenters. The molecule has 2 aromatic carbocycles. The lowest BCUT2D eigenvalue weighted by Gasteiger charge is -2.13. The maximum Gasteiger partial charge on any atom is 0.335 e. The number of hydrogen-bond donors (Lipinski definition) is 2. The van der Waals surface area contributed by atoms with Gasteiger partial charge in [0, 0.05) is 12.1 Å². The molecule has 1 aromatic heterocycles. The van der Waals surface area contributed by atoms with Crippen molar-refractivity contribution in [2.24, 2.45) is 0 Å². The van der Waals surface area contributed by atoms with E-state index >= 15 is 0 Å². The van der Waals surface area contributed by atoms with Crippen LogP contribution >= 0.6 is 11.8 Å². The van der Waals surface area contributed by atoms with Gasteiger partial charge in [-0.05, 0) is 41.6 Å². The van der Waals surface area contributed by atoms with E-state index in [1.807, 2.05) is 6.07 Å². The number of aromatic carboxylic acids is 1. The Morgan fingerprint density at radius 3 is 2.66 bits per heavy atom. The maximum absolute atomic E-state index is 12.6. The molecule has 9 nitrogen and oxygen atoms in total. The van der Waals surface area contributed by atoms with Gasteiger partial charge in [-0.1, -0.05) is 18.2 Å². The van der Waals surface area contributed by atoms with Crippen molar-refractivity contribution in [3.05, 3.63) is 54.1 Å². The van der Waals surface area contributed by atoms with Crippen molar-refractivity contribution in [2.75, 3.05) is 12.4 Å². The number of hydrogen-bond acceptors (Lipinski definition) is 7. The average Bonchev–Trinajstić information content (AvgIpc) is 3.08. The minimum atomic E-state index is -1.11. The summed E-state index contributed by atoms with van der Waals surface area (Å²) in [6.07, 6.45) is 0. The van der Waals surface area contributed by atoms with Crippen LogP contribution in [-0.2, 0) is 4.79 Å². The molecular formula is C19H17N3O6S. The monoisotopic (exact) mass is 415 g/mol. The minimum Gasteiger partial charge on any atom is -0.538 e. The third-order valence-electron chi connectivity index (χ3n) is 3.94. The normalized spacial score (nSPS) is 11.7. The van der Waals surface area contributed by atoms with Gasteiger partial charge in [-0.2, -0.15) is 0 Å². The van der Waals surface area contributed by atoms with Crippen molar-refractivity contribution in [1.29, 1.82) is 0 Å². The van der Waals surface area contributed by atoms with E-state index in [-0.39, 0.29) is 16.3 Å². The average molecular weight is 415 g/mol. The van der Waals surface area contributed by atoms with Crippen molar-refractivity contribution >= 4 is 29.3 Å². The molecule has 10 heteroatoms. The number of methoxy groups -OCH3 is 1. The van der Waals surface area contributed by atoms with Gasteiger partial charge in [-0.25, -0.2) is 4.79 Å². The standard InChI is InChI=1S/C19H17N3O6S/c1-11(16(23)20-14-9-8-12(18(24)25)10-15(14)27-2)29-17-19(26)28-21-22(17)13-6-4-3-5-7-13/h3-11H,1-2H3,(H2-,20,21,23,24,25,26). The molecule has 3 rings (SSSR count). The molecule has 0 aliphatic heterocycles. The number of anilines is 1. The van der Waals surface area contributed by atoms with E-state index in [0.717, 1.165) is 11.8 Å². The third-order valence-corrected chi connectivity index (χ3v) is 5.07. The number of carboxylic acids is 1. The lowest BCUT2D eigenvalue weighted by molar-refractivity contribution is -0.705. The lowest BCUT2D eigenvalue weighted by atomic mass is 10.2. The number of carbonyl (C=O) groups is 2. The topological polar surface area (TPSA) is 129 Å². The highest BCUT2D eigenvalue weighted by Gasteiger charge is 2.27. The van der Waals surface area contributed by atoms with Crippen LogP contribution in [-0.4, -0.2) is 34.6 Å². The Kier molecular flexibility index (Phi) is 6.03. The first-order valence-electron chi connectivity index (χ1n) is 8.44. The fraction of sp³-hybridized carbons (Fsp3) is 0.158. The molecule has 0 spiro atoms. The van der Waals surface area contributed by atoms with Gasteiger partial charge in [-0.15, -0.1) is 0 Å². The van der Waals surface area contributed by atoms with Crippen molar-refractivity contribution in [1.82, 2.24) is 5.27 Å². The molecule has 0 bridgehead atoms. The van der Waals surface area contributed by atoms with Crippen LogP contribution in [0.2, 0.25) is 0 Å². The summed E-state index contributed by atoms with van der Waals surface area (Å²) in [5.41, 5.74) is 0.976. The third kappa shape index (κ3) is 4.49. The highest BCUT2D eigenvalue weighted by Crippen LogP contribution is 2.30. The molecule has 29 heavy (non-hydrogen) atoms. The summed E-state index contributed by atoms with van der Waals surface area (Å²) in [7, 11) is 1.37. The van der Waals surface area contributed by atoms with Gasteiger partial charge < -0.3 is 24.8 Å². The van der Waals surface area contributed by atoms with Crippen LogP contribution < -0.4 is 19.8 Å². The van der Waals surface area contributed by atoms with Crippen LogP contribution in [0.5, 0.6) is 11.7 Å². The summed E-state index contributed by atoms with van der Waals surface area (Å²) in [5.74, 6) is -1.95. The Morgan fingerprint density at radius 1 is 1.28 bits per heavy atom. The van der Waals surface area contributed by atoms with Crippen LogP contribution in [0.4, 0.5) is 5.69 Å². The molecule has 0 saturated heterocycles. The van der Waals surface area contributed by atoms with Gasteiger partial charge in [0.25, 0.3) is 5.03 Å². The summed E-state index contributed by atoms with van der Waals surface area (Å²) in [4.78, 5) is 23.7. The van der Waals surface area contributed by atoms with Crippen LogP contribution in [0.1, 0.15) is 17.3 Å². The number of amides is 1. The lowest BCUT2D eigenvalue weighted by Crippen LogP contribution is -2.36. The number of thioether (sulfide) groups is 1. The molecule has 0 aliphatic rings. The van der Waals surface area contributed by atoms with Crippen molar-refractivity contribution in [2.45, 2.75) is 17.2 Å². The second-order valence-corrected chi connectivity index (χ2v) is 7.21. The first-order valence-corrected chi connectivity index (χ1v) is 9.32. The van der Waals surface area contributed by atoms with Gasteiger partial charge in [0.1, 0.15) is 5.75 Å². The van der Waals surface area contributed by atoms with Gasteiger partial charge in [0.05, 0.1) is 28.9 Å². The summed E-state index contributed by atoms with van der Waals surface area (Å²) < 4.78 is 11.2. The number of nitrogens with zero attached hydrogens (tertiary/aromatic N) is 2. The number of nitrogens with one attached hydrogen (secondary N) is 1. The smallest absolute Gasteiger partial charge is 0.335 e. The zero-order valence-electron chi connectivity index (χ0n) is 15.5. The van der Waals surface area contributed by atoms with Gasteiger partial charge in [0.2, 0.25) is 11.6 Å². The number of aromatic nitrogens is 2. The van der Waals surface area contributed by atoms with Crippen molar-refractivity contribution in [3.8, 4) is 17.4 Å². The highest BCUT2D eigenvalue weighted by molar-refractivity contribution is 8.00. The van der Waals surface area contributed by atoms with Crippen LogP contribution in [0.25, 0.3) is 5.69 Å². The van der Waals surface area contributed by atoms with E-state index in [1.54, 1.807) is 31.2 Å². The van der Waals surface area contributed by atoms with E-state index in [0.29, 0.717) is 11.4 Å². The number of carbonyl (C=O) groups excluding carboxylic acids is 1. The Morgan fingerprint density at radius 2 is 2.00 bits per heavy atom. The molecule has 0 aliphatic carbocycles. The number of carboxylic acid groups (broad SMARTS) is 1. The zero-order chi connectivity index (χ0) is 21.0. The van der Waals surface area contributed by atoms with E-state index in [4.69, 9.17) is 14.4 Å². The molecule has 0 saturated carbocycles. The predicted octanol–water partition coefficient (Wildman–Crippen LogP) is 1.85. The highest BCUT2D eigenvalue weighted by atomic mass is 32.2. The molecular weight excluding hydrogens is 398 g/mol. The summed E-state index contributed by atoms with van der Waals surface area (Å²) >= 11 is 0.994. The fourth-order valence-electron chi connectivity index (χ4n) is 2.45. The summed E-state index contributed by atoms with van der Waals surface area (Å²) in [6, 6.07) is 13.0. The molecule has 1 heterocycles. The molecule has 1 unspecified atom stereocenters. The number of para-hydroxylation sites is 1. The molecule has 0 fully saturated rings. The summed E-state index contributed by atoms with van der Waals surface area (Å²) in [5, 5.41) is 27.0. The number of benzene rings is 2. The van der Waals surface area contributed by atoms with Gasteiger partial charge in [-0.3, -0.25) is 4.79 Å². The fourth-order valence-corrected chi connectivity index (χ4v) is 3.33. The quantitative estimate of drug-likeness (QED) is 0.442. The first kappa shape index (κ1) is 20.2. The first-order chi connectivity index (χ1) is 13.9. The maximum atomic E-state index is 12.6. The predicted molar refractivity (Wildman–Crippen MR) is 101 cm³/mol. The number of rotatable bonds is 7. The van der Waals surface area contributed by atoms with Crippen LogP contribution in [0.3, 0.4) is 0 Å². The van der Waals surface area contributed by atoms with E-state index < -0.39 is 23.1 Å². The van der Waals surface area contributed by atoms with Crippen LogP contribution in [0.15, 0.2) is 58.1 Å². The second-order valence-electron chi connectivity index (χ2n) is 5.88. The molecule has 3 aromatic rings. The number of ether oxygens (including phenoxy) is 1.